The molecule has 10 rings (SSSR count). The zero-order valence-corrected chi connectivity index (χ0v) is 56.6. The molecule has 4 unspecified atom stereocenters. The molecule has 0 N–H and O–H groups in total. The fourth-order valence-corrected chi connectivity index (χ4v) is 21.6. The zero-order valence-electron chi connectivity index (χ0n) is 49.3. The van der Waals surface area contributed by atoms with Crippen molar-refractivity contribution in [1.29, 1.82) is 0 Å². The molecule has 81 heavy (non-hydrogen) atoms. The molecular formula is C70H84N2S9. The Morgan fingerprint density at radius 1 is 0.321 bits per heavy atom. The highest BCUT2D eigenvalue weighted by Crippen LogP contribution is 2.51. The van der Waals surface area contributed by atoms with Gasteiger partial charge >= 0.3 is 0 Å². The molecule has 11 heteroatoms. The lowest BCUT2D eigenvalue weighted by Crippen LogP contribution is -2.03. The summed E-state index contributed by atoms with van der Waals surface area (Å²) >= 11 is 17.1. The van der Waals surface area contributed by atoms with Crippen molar-refractivity contribution < 1.29 is 0 Å². The molecule has 0 bridgehead atoms. The molecule has 10 aromatic rings. The Labute approximate surface area is 522 Å². The van der Waals surface area contributed by atoms with Crippen LogP contribution in [-0.2, 0) is 25.7 Å². The third-order valence-corrected chi connectivity index (χ3v) is 27.4. The molecule has 9 aromatic heterocycles. The number of aromatic nitrogens is 2. The maximum atomic E-state index is 5.14. The highest BCUT2D eigenvalue weighted by atomic mass is 32.1. The van der Waals surface area contributed by atoms with Crippen molar-refractivity contribution in [2.75, 3.05) is 0 Å². The predicted molar refractivity (Wildman–Crippen MR) is 372 cm³/mol. The van der Waals surface area contributed by atoms with Crippen molar-refractivity contribution in [3.05, 3.63) is 118 Å². The number of unbranched alkanes of at least 4 members (excludes halogenated alkanes) is 4. The summed E-state index contributed by atoms with van der Waals surface area (Å²) in [4.78, 5) is 19.5. The number of benzene rings is 1. The number of rotatable bonds is 32. The molecule has 0 saturated carbocycles. The molecule has 428 valence electrons. The highest BCUT2D eigenvalue weighted by molar-refractivity contribution is 7.30. The summed E-state index contributed by atoms with van der Waals surface area (Å²) in [5.41, 5.74) is 10.6. The first kappa shape index (κ1) is 60.8. The van der Waals surface area contributed by atoms with Gasteiger partial charge in [-0.3, -0.25) is 0 Å². The van der Waals surface area contributed by atoms with Crippen LogP contribution in [-0.4, -0.2) is 8.75 Å². The van der Waals surface area contributed by atoms with E-state index in [1.54, 1.807) is 0 Å². The average molecular weight is 1240 g/mol. The summed E-state index contributed by atoms with van der Waals surface area (Å²) in [7, 11) is 0. The highest BCUT2D eigenvalue weighted by Gasteiger charge is 2.25. The molecule has 0 fully saturated rings. The maximum Gasteiger partial charge on any atom is 0.114 e. The van der Waals surface area contributed by atoms with Crippen LogP contribution in [0.15, 0.2) is 95.7 Å². The second kappa shape index (κ2) is 29.6. The Morgan fingerprint density at radius 2 is 0.630 bits per heavy atom. The topological polar surface area (TPSA) is 25.8 Å². The average Bonchev–Trinajstić information content (AvgIpc) is 4.48. The fraction of sp³-hybridized carbons (Fsp3) is 0.457. The standard InChI is InChI=1S/C70H84N2S9/c1-9-17-21-45(13-5)39-49-35-37-73-67(49)59-31-27-55(75-59)57-29-33-61(77-57)69-51(41-47(15-7)23-19-11-3)43-63(79-69)53-25-26-54(66-65(53)71-81-72-66)64-44-52(42-48(16-8)24-20-12-4)70(80-64)62-34-30-58(78-62)56-28-32-60(76-56)68-50(36-38-74-68)40-46(14-6)22-18-10-2/h25-38,43-48H,9-24,39-42H2,1-8H3. The van der Waals surface area contributed by atoms with Crippen LogP contribution in [0.2, 0.25) is 0 Å². The van der Waals surface area contributed by atoms with E-state index in [0.717, 1.165) is 35.7 Å². The lowest BCUT2D eigenvalue weighted by atomic mass is 9.91. The molecule has 4 atom stereocenters. The number of hydrogen-bond acceptors (Lipinski definition) is 11. The first-order valence-electron chi connectivity index (χ1n) is 30.8. The third kappa shape index (κ3) is 14.5. The van der Waals surface area contributed by atoms with Crippen molar-refractivity contribution >= 4 is 113 Å². The van der Waals surface area contributed by atoms with Gasteiger partial charge in [-0.05, 0) is 155 Å². The summed E-state index contributed by atoms with van der Waals surface area (Å²) in [5.74, 6) is 2.86. The smallest absolute Gasteiger partial charge is 0.114 e. The van der Waals surface area contributed by atoms with Crippen molar-refractivity contribution in [2.45, 2.75) is 184 Å². The Kier molecular flexibility index (Phi) is 22.2. The van der Waals surface area contributed by atoms with Gasteiger partial charge < -0.3 is 0 Å². The summed E-state index contributed by atoms with van der Waals surface area (Å²) in [6, 6.07) is 33.8. The SMILES string of the molecule is CCCCC(CC)Cc1ccsc1-c1ccc(-c2ccc(-c3sc(-c4ccc(-c5cc(CC(CC)CCCC)c(-c6ccc(-c7ccc(-c8sccc8CC(CC)CCCC)s7)s6)s5)c5nsnc45)cc3CC(CC)CCCC)s2)s1. The zero-order chi connectivity index (χ0) is 56.2. The minimum atomic E-state index is 0.667. The van der Waals surface area contributed by atoms with Gasteiger partial charge in [0.1, 0.15) is 11.0 Å². The third-order valence-electron chi connectivity index (χ3n) is 17.1. The first-order valence-corrected chi connectivity index (χ1v) is 38.2. The van der Waals surface area contributed by atoms with Crippen LogP contribution in [0.25, 0.3) is 90.4 Å². The minimum Gasteiger partial charge on any atom is -0.172 e. The van der Waals surface area contributed by atoms with Crippen LogP contribution in [0.4, 0.5) is 0 Å². The van der Waals surface area contributed by atoms with Gasteiger partial charge in [0.15, 0.2) is 0 Å². The van der Waals surface area contributed by atoms with Gasteiger partial charge in [0.25, 0.3) is 0 Å². The van der Waals surface area contributed by atoms with E-state index in [1.807, 2.05) is 90.7 Å². The lowest BCUT2D eigenvalue weighted by Gasteiger charge is -2.14. The number of hydrogen-bond donors (Lipinski definition) is 0. The molecular weight excluding hydrogens is 1160 g/mol. The maximum absolute atomic E-state index is 5.14. The van der Waals surface area contributed by atoms with E-state index in [2.05, 4.69) is 151 Å². The van der Waals surface area contributed by atoms with Gasteiger partial charge in [-0.1, -0.05) is 170 Å². The van der Waals surface area contributed by atoms with E-state index in [4.69, 9.17) is 8.75 Å². The summed E-state index contributed by atoms with van der Waals surface area (Å²) in [5, 5.41) is 4.63. The molecule has 1 aromatic carbocycles. The molecule has 0 aliphatic carbocycles. The van der Waals surface area contributed by atoms with E-state index in [-0.39, 0.29) is 0 Å². The Morgan fingerprint density at radius 3 is 0.951 bits per heavy atom. The quantitative estimate of drug-likeness (QED) is 0.0420. The van der Waals surface area contributed by atoms with E-state index >= 15 is 0 Å². The van der Waals surface area contributed by atoms with Crippen LogP contribution in [0.1, 0.15) is 180 Å². The van der Waals surface area contributed by atoms with Crippen LogP contribution in [0.3, 0.4) is 0 Å². The summed E-state index contributed by atoms with van der Waals surface area (Å²) < 4.78 is 10.3. The van der Waals surface area contributed by atoms with Crippen molar-refractivity contribution in [2.24, 2.45) is 23.7 Å². The number of thiophene rings is 8. The van der Waals surface area contributed by atoms with Gasteiger partial charge in [0.2, 0.25) is 0 Å². The van der Waals surface area contributed by atoms with Crippen LogP contribution in [0, 0.1) is 23.7 Å². The molecule has 0 radical (unpaired) electrons. The van der Waals surface area contributed by atoms with E-state index in [1.165, 1.54) is 229 Å². The van der Waals surface area contributed by atoms with Crippen molar-refractivity contribution in [3.8, 4) is 79.4 Å². The lowest BCUT2D eigenvalue weighted by molar-refractivity contribution is 0.450. The fourth-order valence-electron chi connectivity index (χ4n) is 11.9. The molecule has 2 nitrogen and oxygen atoms in total. The monoisotopic (exact) mass is 1240 g/mol. The van der Waals surface area contributed by atoms with Gasteiger partial charge in [-0.25, -0.2) is 0 Å². The molecule has 0 aliphatic heterocycles. The van der Waals surface area contributed by atoms with E-state index in [9.17, 15) is 0 Å². The minimum absolute atomic E-state index is 0.667. The van der Waals surface area contributed by atoms with Gasteiger partial charge in [0, 0.05) is 79.4 Å². The second-order valence-corrected chi connectivity index (χ2v) is 31.5. The van der Waals surface area contributed by atoms with Crippen molar-refractivity contribution in [1.82, 2.24) is 8.75 Å². The van der Waals surface area contributed by atoms with Gasteiger partial charge in [-0.2, -0.15) is 8.75 Å². The van der Waals surface area contributed by atoms with E-state index < -0.39 is 0 Å². The Hall–Kier alpha value is -3.36. The summed E-state index contributed by atoms with van der Waals surface area (Å²) in [6.45, 7) is 18.8. The molecule has 9 heterocycles. The number of fused-ring (bicyclic) bond motifs is 1. The Balaban J connectivity index is 0.954. The molecule has 0 aliphatic rings. The number of nitrogens with zero attached hydrogens (tertiary/aromatic N) is 2. The normalized spacial score (nSPS) is 13.5. The van der Waals surface area contributed by atoms with Gasteiger partial charge in [-0.15, -0.1) is 90.7 Å². The van der Waals surface area contributed by atoms with Crippen LogP contribution in [0.5, 0.6) is 0 Å². The van der Waals surface area contributed by atoms with E-state index in [0.29, 0.717) is 11.8 Å². The summed E-state index contributed by atoms with van der Waals surface area (Å²) in [6.07, 6.45) is 25.0. The second-order valence-electron chi connectivity index (χ2n) is 22.7. The molecule has 0 saturated heterocycles. The predicted octanol–water partition coefficient (Wildman–Crippen LogP) is 26.6. The van der Waals surface area contributed by atoms with Crippen LogP contribution >= 0.6 is 102 Å². The van der Waals surface area contributed by atoms with Crippen LogP contribution < -0.4 is 0 Å². The Bertz CT molecular complexity index is 3290. The molecule has 0 spiro atoms. The first-order chi connectivity index (χ1) is 39.8. The largest absolute Gasteiger partial charge is 0.172 e. The van der Waals surface area contributed by atoms with Gasteiger partial charge in [0.05, 0.1) is 11.7 Å². The molecule has 0 amide bonds. The van der Waals surface area contributed by atoms with Crippen molar-refractivity contribution in [3.63, 3.8) is 0 Å².